The number of hydrogen-bond donors (Lipinski definition) is 2. The third-order valence-electron chi connectivity index (χ3n) is 6.07. The fourth-order valence-electron chi connectivity index (χ4n) is 4.32. The fourth-order valence-corrected chi connectivity index (χ4v) is 4.32. The Morgan fingerprint density at radius 2 is 1.94 bits per heavy atom. The minimum absolute atomic E-state index is 0.537. The average Bonchev–Trinajstić information content (AvgIpc) is 3.33. The molecule has 0 fully saturated rings. The van der Waals surface area contributed by atoms with Crippen LogP contribution in [0.4, 0.5) is 11.6 Å². The number of aromatic nitrogens is 7. The Labute approximate surface area is 191 Å². The van der Waals surface area contributed by atoms with Crippen LogP contribution in [0.2, 0.25) is 0 Å². The van der Waals surface area contributed by atoms with E-state index in [-0.39, 0.29) is 0 Å². The Morgan fingerprint density at radius 1 is 1.09 bits per heavy atom. The van der Waals surface area contributed by atoms with Crippen LogP contribution in [-0.4, -0.2) is 34.3 Å². The van der Waals surface area contributed by atoms with E-state index in [2.05, 4.69) is 62.1 Å². The normalized spacial score (nSPS) is 11.5. The molecule has 0 aliphatic rings. The Bertz CT molecular complexity index is 1460. The molecule has 3 N–H and O–H groups in total. The number of imidazole rings is 1. The second-order valence-electron chi connectivity index (χ2n) is 8.33. The zero-order valence-electron chi connectivity index (χ0n) is 19.3. The van der Waals surface area contributed by atoms with Gasteiger partial charge < -0.3 is 15.6 Å². The van der Waals surface area contributed by atoms with Gasteiger partial charge in [-0.1, -0.05) is 13.0 Å². The van der Waals surface area contributed by atoms with Gasteiger partial charge in [0.25, 0.3) is 0 Å². The number of hydrogen-bond acceptors (Lipinski definition) is 7. The first kappa shape index (κ1) is 20.9. The van der Waals surface area contributed by atoms with Gasteiger partial charge in [0.05, 0.1) is 23.0 Å². The summed E-state index contributed by atoms with van der Waals surface area (Å²) in [4.78, 5) is 17.9. The van der Waals surface area contributed by atoms with E-state index in [4.69, 9.17) is 10.7 Å². The molecule has 9 nitrogen and oxygen atoms in total. The van der Waals surface area contributed by atoms with Gasteiger partial charge >= 0.3 is 0 Å². The van der Waals surface area contributed by atoms with Gasteiger partial charge in [-0.2, -0.15) is 5.10 Å². The second kappa shape index (κ2) is 8.16. The number of benzene rings is 1. The van der Waals surface area contributed by atoms with Gasteiger partial charge in [-0.25, -0.2) is 19.9 Å². The summed E-state index contributed by atoms with van der Waals surface area (Å²) < 4.78 is 4.06. The van der Waals surface area contributed by atoms with Crippen molar-refractivity contribution in [3.05, 3.63) is 65.0 Å². The van der Waals surface area contributed by atoms with Gasteiger partial charge in [-0.15, -0.1) is 0 Å². The molecule has 5 aromatic rings. The van der Waals surface area contributed by atoms with Gasteiger partial charge in [-0.3, -0.25) is 4.68 Å². The van der Waals surface area contributed by atoms with E-state index < -0.39 is 0 Å². The van der Waals surface area contributed by atoms with Crippen molar-refractivity contribution in [3.8, 4) is 0 Å². The first-order valence-corrected chi connectivity index (χ1v) is 11.0. The number of rotatable bonds is 6. The molecule has 0 saturated heterocycles. The maximum Gasteiger partial charge on any atom is 0.186 e. The quantitative estimate of drug-likeness (QED) is 0.414. The molecule has 0 atom stereocenters. The Kier molecular flexibility index (Phi) is 5.16. The SMILES string of the molecule is CCc1nc2ccc(Cn3cc4c(NCc5c(C)cc(N)nc5C)ncnc4n3)cc2n1C. The molecule has 0 bridgehead atoms. The zero-order valence-corrected chi connectivity index (χ0v) is 19.3. The van der Waals surface area contributed by atoms with E-state index in [1.54, 1.807) is 0 Å². The number of nitrogen functional groups attached to an aromatic ring is 1. The number of nitrogens with one attached hydrogen (secondary N) is 1. The second-order valence-corrected chi connectivity index (χ2v) is 8.33. The van der Waals surface area contributed by atoms with Crippen molar-refractivity contribution in [1.29, 1.82) is 0 Å². The summed E-state index contributed by atoms with van der Waals surface area (Å²) >= 11 is 0. The molecular weight excluding hydrogens is 414 g/mol. The molecule has 5 rings (SSSR count). The van der Waals surface area contributed by atoms with Crippen molar-refractivity contribution < 1.29 is 0 Å². The summed E-state index contributed by atoms with van der Waals surface area (Å²) in [5.74, 6) is 2.37. The maximum absolute atomic E-state index is 5.86. The largest absolute Gasteiger partial charge is 0.384 e. The predicted octanol–water partition coefficient (Wildman–Crippen LogP) is 3.53. The third-order valence-corrected chi connectivity index (χ3v) is 6.07. The summed E-state index contributed by atoms with van der Waals surface area (Å²) in [6.45, 7) is 7.36. The van der Waals surface area contributed by atoms with E-state index in [9.17, 15) is 0 Å². The summed E-state index contributed by atoms with van der Waals surface area (Å²) in [6.07, 6.45) is 4.44. The summed E-state index contributed by atoms with van der Waals surface area (Å²) in [7, 11) is 2.06. The number of pyridine rings is 1. The van der Waals surface area contributed by atoms with Crippen LogP contribution < -0.4 is 11.1 Å². The lowest BCUT2D eigenvalue weighted by molar-refractivity contribution is 0.693. The molecule has 0 radical (unpaired) electrons. The van der Waals surface area contributed by atoms with Crippen LogP contribution in [0.1, 0.15) is 35.1 Å². The number of aryl methyl sites for hydroxylation is 4. The lowest BCUT2D eigenvalue weighted by Crippen LogP contribution is -2.08. The van der Waals surface area contributed by atoms with Gasteiger partial charge in [0.1, 0.15) is 23.8 Å². The molecule has 0 aliphatic carbocycles. The van der Waals surface area contributed by atoms with Gasteiger partial charge in [-0.05, 0) is 48.7 Å². The molecule has 0 saturated carbocycles. The van der Waals surface area contributed by atoms with Crippen LogP contribution in [-0.2, 0) is 26.6 Å². The molecule has 9 heteroatoms. The monoisotopic (exact) mass is 441 g/mol. The van der Waals surface area contributed by atoms with E-state index in [0.29, 0.717) is 24.6 Å². The molecule has 1 aromatic carbocycles. The molecule has 168 valence electrons. The van der Waals surface area contributed by atoms with Crippen LogP contribution in [0.5, 0.6) is 0 Å². The lowest BCUT2D eigenvalue weighted by atomic mass is 10.1. The van der Waals surface area contributed by atoms with Crippen molar-refractivity contribution in [2.24, 2.45) is 7.05 Å². The summed E-state index contributed by atoms with van der Waals surface area (Å²) in [5.41, 5.74) is 12.9. The fraction of sp³-hybridized carbons (Fsp3) is 0.292. The van der Waals surface area contributed by atoms with Gasteiger partial charge in [0.2, 0.25) is 0 Å². The van der Waals surface area contributed by atoms with Crippen LogP contribution in [0, 0.1) is 13.8 Å². The molecule has 0 amide bonds. The average molecular weight is 442 g/mol. The minimum Gasteiger partial charge on any atom is -0.384 e. The maximum atomic E-state index is 5.86. The van der Waals surface area contributed by atoms with Gasteiger partial charge in [0.15, 0.2) is 5.65 Å². The van der Waals surface area contributed by atoms with Crippen LogP contribution in [0.15, 0.2) is 36.8 Å². The molecule has 4 heterocycles. The first-order chi connectivity index (χ1) is 15.9. The van der Waals surface area contributed by atoms with Crippen molar-refractivity contribution >= 4 is 33.7 Å². The van der Waals surface area contributed by atoms with E-state index in [1.807, 2.05) is 30.8 Å². The smallest absolute Gasteiger partial charge is 0.186 e. The number of fused-ring (bicyclic) bond motifs is 2. The lowest BCUT2D eigenvalue weighted by Gasteiger charge is -2.12. The third kappa shape index (κ3) is 3.86. The highest BCUT2D eigenvalue weighted by Crippen LogP contribution is 2.22. The highest BCUT2D eigenvalue weighted by atomic mass is 15.3. The van der Waals surface area contributed by atoms with Crippen molar-refractivity contribution in [3.63, 3.8) is 0 Å². The standard InChI is InChI=1S/C24H27N9/c1-5-22-30-19-7-6-16(9-20(19)32(22)4)11-33-12-18-23(27-13-28-24(18)31-33)26-10-17-14(2)8-21(25)29-15(17)3/h6-9,12-13H,5,10-11H2,1-4H3,(H2,25,29)(H,26,27,28,31). The van der Waals surface area contributed by atoms with Crippen molar-refractivity contribution in [1.82, 2.24) is 34.3 Å². The van der Waals surface area contributed by atoms with E-state index in [0.717, 1.165) is 56.9 Å². The molecular formula is C24H27N9. The molecule has 33 heavy (non-hydrogen) atoms. The van der Waals surface area contributed by atoms with E-state index in [1.165, 1.54) is 6.33 Å². The van der Waals surface area contributed by atoms with Crippen LogP contribution in [0.25, 0.3) is 22.1 Å². The zero-order chi connectivity index (χ0) is 23.1. The Hall–Kier alpha value is -4.01. The van der Waals surface area contributed by atoms with Crippen molar-refractivity contribution in [2.45, 2.75) is 40.3 Å². The Balaban J connectivity index is 1.41. The summed E-state index contributed by atoms with van der Waals surface area (Å²) in [5, 5.41) is 8.98. The first-order valence-electron chi connectivity index (χ1n) is 11.0. The highest BCUT2D eigenvalue weighted by molar-refractivity contribution is 5.85. The van der Waals surface area contributed by atoms with Crippen LogP contribution in [0.3, 0.4) is 0 Å². The van der Waals surface area contributed by atoms with E-state index >= 15 is 0 Å². The van der Waals surface area contributed by atoms with Crippen molar-refractivity contribution in [2.75, 3.05) is 11.1 Å². The van der Waals surface area contributed by atoms with Gasteiger partial charge in [0, 0.05) is 31.9 Å². The minimum atomic E-state index is 0.537. The highest BCUT2D eigenvalue weighted by Gasteiger charge is 2.12. The molecule has 0 spiro atoms. The topological polar surface area (TPSA) is 112 Å². The number of nitrogens with zero attached hydrogens (tertiary/aromatic N) is 7. The predicted molar refractivity (Wildman–Crippen MR) is 130 cm³/mol. The molecule has 4 aromatic heterocycles. The van der Waals surface area contributed by atoms with Crippen LogP contribution >= 0.6 is 0 Å². The molecule has 0 unspecified atom stereocenters. The molecule has 0 aliphatic heterocycles. The number of nitrogens with two attached hydrogens (primary N) is 1. The number of anilines is 2. The Morgan fingerprint density at radius 3 is 2.73 bits per heavy atom. The summed E-state index contributed by atoms with van der Waals surface area (Å²) in [6, 6.07) is 8.25.